The zero-order valence-corrected chi connectivity index (χ0v) is 15.0. The van der Waals surface area contributed by atoms with Gasteiger partial charge in [0.25, 0.3) is 0 Å². The molecule has 1 aromatic heterocycles. The monoisotopic (exact) mass is 359 g/mol. The van der Waals surface area contributed by atoms with Crippen LogP contribution in [0.15, 0.2) is 42.6 Å². The molecule has 2 amide bonds. The molecule has 1 N–H and O–H groups in total. The minimum Gasteiger partial charge on any atom is -0.353 e. The van der Waals surface area contributed by atoms with E-state index in [1.807, 2.05) is 43.4 Å². The fourth-order valence-corrected chi connectivity index (χ4v) is 3.25. The van der Waals surface area contributed by atoms with E-state index in [4.69, 9.17) is 11.6 Å². The maximum Gasteiger partial charge on any atom is 0.317 e. The summed E-state index contributed by atoms with van der Waals surface area (Å²) in [7, 11) is 1.84. The highest BCUT2D eigenvalue weighted by Gasteiger charge is 2.26. The summed E-state index contributed by atoms with van der Waals surface area (Å²) < 4.78 is 0. The van der Waals surface area contributed by atoms with Gasteiger partial charge in [0, 0.05) is 37.9 Å². The number of piperidine rings is 1. The molecule has 2 heterocycles. The molecule has 0 spiro atoms. The van der Waals surface area contributed by atoms with E-state index in [1.165, 1.54) is 0 Å². The third kappa shape index (κ3) is 4.39. The zero-order chi connectivity index (χ0) is 17.6. The highest BCUT2D eigenvalue weighted by Crippen LogP contribution is 2.20. The van der Waals surface area contributed by atoms with Crippen molar-refractivity contribution < 1.29 is 4.79 Å². The normalized spacial score (nSPS) is 17.2. The number of hydrogen-bond acceptors (Lipinski definition) is 4. The summed E-state index contributed by atoms with van der Waals surface area (Å²) >= 11 is 6.14. The maximum atomic E-state index is 12.5. The summed E-state index contributed by atoms with van der Waals surface area (Å²) in [5, 5.41) is 11.7. The summed E-state index contributed by atoms with van der Waals surface area (Å²) in [5.41, 5.74) is 0.913. The predicted molar refractivity (Wildman–Crippen MR) is 98.7 cm³/mol. The predicted octanol–water partition coefficient (Wildman–Crippen LogP) is 2.94. The third-order valence-electron chi connectivity index (χ3n) is 4.53. The quantitative estimate of drug-likeness (QED) is 0.911. The van der Waals surface area contributed by atoms with Crippen molar-refractivity contribution in [1.29, 1.82) is 0 Å². The van der Waals surface area contributed by atoms with Gasteiger partial charge in [0.05, 0.1) is 6.04 Å². The second-order valence-corrected chi connectivity index (χ2v) is 6.59. The number of likely N-dealkylation sites (N-methyl/N-ethyl adjacent to an activating group) is 1. The number of urea groups is 1. The van der Waals surface area contributed by atoms with Gasteiger partial charge in [-0.25, -0.2) is 4.79 Å². The molecule has 25 heavy (non-hydrogen) atoms. The number of carbonyl (C=O) groups excluding carboxylic acids is 1. The van der Waals surface area contributed by atoms with Crippen LogP contribution in [-0.4, -0.2) is 47.3 Å². The Labute approximate surface area is 152 Å². The molecular weight excluding hydrogens is 338 g/mol. The molecule has 1 unspecified atom stereocenters. The van der Waals surface area contributed by atoms with E-state index < -0.39 is 0 Å². The molecule has 1 aromatic carbocycles. The Bertz CT molecular complexity index is 712. The van der Waals surface area contributed by atoms with Crippen molar-refractivity contribution in [2.24, 2.45) is 0 Å². The van der Waals surface area contributed by atoms with Crippen molar-refractivity contribution in [2.75, 3.05) is 25.0 Å². The lowest BCUT2D eigenvalue weighted by molar-refractivity contribution is 0.182. The van der Waals surface area contributed by atoms with Gasteiger partial charge in [-0.15, -0.1) is 5.10 Å². The van der Waals surface area contributed by atoms with Crippen LogP contribution >= 0.6 is 11.6 Å². The molecule has 0 radical (unpaired) electrons. The minimum absolute atomic E-state index is 0.0917. The lowest BCUT2D eigenvalue weighted by atomic mass is 10.0. The first-order chi connectivity index (χ1) is 12.1. The van der Waals surface area contributed by atoms with Crippen molar-refractivity contribution >= 4 is 23.4 Å². The van der Waals surface area contributed by atoms with Crippen LogP contribution < -0.4 is 10.2 Å². The average Bonchev–Trinajstić information content (AvgIpc) is 2.67. The smallest absolute Gasteiger partial charge is 0.317 e. The molecule has 1 fully saturated rings. The van der Waals surface area contributed by atoms with Crippen molar-refractivity contribution in [1.82, 2.24) is 20.4 Å². The molecule has 7 heteroatoms. The molecule has 1 atom stereocenters. The van der Waals surface area contributed by atoms with E-state index in [-0.39, 0.29) is 12.1 Å². The van der Waals surface area contributed by atoms with Gasteiger partial charge in [-0.05, 0) is 36.6 Å². The van der Waals surface area contributed by atoms with Crippen LogP contribution in [0.2, 0.25) is 5.02 Å². The van der Waals surface area contributed by atoms with Crippen LogP contribution in [0.4, 0.5) is 10.6 Å². The molecule has 132 valence electrons. The number of rotatable bonds is 4. The fourth-order valence-electron chi connectivity index (χ4n) is 3.04. The number of halogens is 1. The zero-order valence-electron chi connectivity index (χ0n) is 14.2. The number of nitrogens with zero attached hydrogens (tertiary/aromatic N) is 4. The van der Waals surface area contributed by atoms with Gasteiger partial charge in [0.2, 0.25) is 0 Å². The SMILES string of the molecule is CN(C(=O)NCc1ccccc1Cl)C1CCCN(c2cccnn2)C1. The van der Waals surface area contributed by atoms with Crippen LogP contribution in [0.1, 0.15) is 18.4 Å². The first kappa shape index (κ1) is 17.5. The molecule has 3 rings (SSSR count). The topological polar surface area (TPSA) is 61.4 Å². The Morgan fingerprint density at radius 3 is 2.96 bits per heavy atom. The number of nitrogens with one attached hydrogen (secondary N) is 1. The summed E-state index contributed by atoms with van der Waals surface area (Å²) in [4.78, 5) is 16.5. The number of aromatic nitrogens is 2. The van der Waals surface area contributed by atoms with E-state index in [0.717, 1.165) is 37.3 Å². The number of anilines is 1. The highest BCUT2D eigenvalue weighted by atomic mass is 35.5. The molecule has 0 bridgehead atoms. The van der Waals surface area contributed by atoms with Gasteiger partial charge in [-0.2, -0.15) is 5.10 Å². The van der Waals surface area contributed by atoms with Crippen molar-refractivity contribution in [3.63, 3.8) is 0 Å². The Morgan fingerprint density at radius 2 is 2.20 bits per heavy atom. The van der Waals surface area contributed by atoms with Crippen molar-refractivity contribution in [3.05, 3.63) is 53.2 Å². The molecule has 1 saturated heterocycles. The minimum atomic E-state index is -0.0917. The van der Waals surface area contributed by atoms with E-state index >= 15 is 0 Å². The number of hydrogen-bond donors (Lipinski definition) is 1. The Kier molecular flexibility index (Phi) is 5.71. The average molecular weight is 360 g/mol. The summed E-state index contributed by atoms with van der Waals surface area (Å²) in [6.07, 6.45) is 3.66. The lowest BCUT2D eigenvalue weighted by Gasteiger charge is -2.38. The first-order valence-corrected chi connectivity index (χ1v) is 8.79. The van der Waals surface area contributed by atoms with E-state index in [1.54, 1.807) is 11.1 Å². The number of carbonyl (C=O) groups is 1. The third-order valence-corrected chi connectivity index (χ3v) is 4.90. The molecule has 0 aliphatic carbocycles. The summed E-state index contributed by atoms with van der Waals surface area (Å²) in [6, 6.07) is 11.4. The second-order valence-electron chi connectivity index (χ2n) is 6.18. The van der Waals surface area contributed by atoms with Crippen molar-refractivity contribution in [2.45, 2.75) is 25.4 Å². The maximum absolute atomic E-state index is 12.5. The molecule has 1 aliphatic heterocycles. The van der Waals surface area contributed by atoms with Gasteiger partial charge in [0.1, 0.15) is 0 Å². The number of benzene rings is 1. The van der Waals surface area contributed by atoms with Crippen LogP contribution in [0, 0.1) is 0 Å². The molecule has 6 nitrogen and oxygen atoms in total. The van der Waals surface area contributed by atoms with E-state index in [9.17, 15) is 4.79 Å². The van der Waals surface area contributed by atoms with Crippen LogP contribution in [0.3, 0.4) is 0 Å². The van der Waals surface area contributed by atoms with Gasteiger partial charge in [0.15, 0.2) is 5.82 Å². The van der Waals surface area contributed by atoms with Gasteiger partial charge in [-0.1, -0.05) is 29.8 Å². The molecule has 0 saturated carbocycles. The Morgan fingerprint density at radius 1 is 1.36 bits per heavy atom. The molecular formula is C18H22ClN5O. The van der Waals surface area contributed by atoms with E-state index in [2.05, 4.69) is 20.4 Å². The van der Waals surface area contributed by atoms with E-state index in [0.29, 0.717) is 11.6 Å². The molecule has 1 aliphatic rings. The second kappa shape index (κ2) is 8.16. The fraction of sp³-hybridized carbons (Fsp3) is 0.389. The Hall–Kier alpha value is -2.34. The molecule has 2 aromatic rings. The summed E-state index contributed by atoms with van der Waals surface area (Å²) in [6.45, 7) is 2.11. The number of amides is 2. The summed E-state index contributed by atoms with van der Waals surface area (Å²) in [5.74, 6) is 0.858. The highest BCUT2D eigenvalue weighted by molar-refractivity contribution is 6.31. The van der Waals surface area contributed by atoms with Gasteiger partial charge < -0.3 is 15.1 Å². The first-order valence-electron chi connectivity index (χ1n) is 8.42. The largest absolute Gasteiger partial charge is 0.353 e. The Balaban J connectivity index is 1.57. The van der Waals surface area contributed by atoms with Crippen molar-refractivity contribution in [3.8, 4) is 0 Å². The lowest BCUT2D eigenvalue weighted by Crippen LogP contribution is -2.51. The van der Waals surface area contributed by atoms with Gasteiger partial charge in [-0.3, -0.25) is 0 Å². The van der Waals surface area contributed by atoms with Crippen LogP contribution in [-0.2, 0) is 6.54 Å². The van der Waals surface area contributed by atoms with Gasteiger partial charge >= 0.3 is 6.03 Å². The van der Waals surface area contributed by atoms with Crippen LogP contribution in [0.25, 0.3) is 0 Å². The standard InChI is InChI=1S/C18H22ClN5O/c1-23(18(25)20-12-14-6-2-3-8-16(14)19)15-7-5-11-24(13-15)17-9-4-10-21-22-17/h2-4,6,8-10,15H,5,7,11-13H2,1H3,(H,20,25). The van der Waals surface area contributed by atoms with Crippen LogP contribution in [0.5, 0.6) is 0 Å².